The van der Waals surface area contributed by atoms with Gasteiger partial charge in [-0.25, -0.2) is 0 Å². The molecule has 2 aromatic rings. The maximum Gasteiger partial charge on any atom is 1.00 e. The summed E-state index contributed by atoms with van der Waals surface area (Å²) >= 11 is 6.23. The molecule has 0 heterocycles. The third kappa shape index (κ3) is 7.83. The van der Waals surface area contributed by atoms with Crippen LogP contribution in [-0.2, 0) is 9.47 Å². The van der Waals surface area contributed by atoms with Crippen LogP contribution in [0.25, 0.3) is 0 Å². The summed E-state index contributed by atoms with van der Waals surface area (Å²) in [5, 5.41) is 1.11. The third-order valence-corrected chi connectivity index (χ3v) is 5.20. The summed E-state index contributed by atoms with van der Waals surface area (Å²) in [4.78, 5) is 12.9. The Bertz CT molecular complexity index is 796. The fourth-order valence-corrected chi connectivity index (χ4v) is 3.77. The van der Waals surface area contributed by atoms with E-state index in [9.17, 15) is 4.79 Å². The Morgan fingerprint density at radius 2 is 1.66 bits per heavy atom. The number of ether oxygens (including phenoxy) is 5. The standard InChI is InChI=1S/C20H24ClO6P.Li.H/c1-23-9-11-26-14-7-8-18(17(13-14)27-12-10-24-2)28-20(22)19-15(21)5-4-6-16(19)25-3;;/h4-8,13,28H,9-12H2,1-3H3;;/q;+1;-1. The molecule has 0 aliphatic rings. The molecule has 9 heteroatoms. The molecule has 0 bridgehead atoms. The molecule has 2 aromatic carbocycles. The van der Waals surface area contributed by atoms with Crippen LogP contribution in [0, 0.1) is 0 Å². The SMILES string of the molecule is COCCOc1ccc(PC(=O)c2c(Cl)cccc2OC)c(OCCOC)c1.[H-].[Li+]. The quantitative estimate of drug-likeness (QED) is 0.278. The van der Waals surface area contributed by atoms with Crippen LogP contribution in [0.5, 0.6) is 17.2 Å². The number of hydrogen-bond donors (Lipinski definition) is 0. The Morgan fingerprint density at radius 3 is 2.31 bits per heavy atom. The second kappa shape index (κ2) is 13.9. The zero-order valence-electron chi connectivity index (χ0n) is 18.1. The second-order valence-corrected chi connectivity index (χ2v) is 7.26. The molecular weight excluding hydrogens is 410 g/mol. The van der Waals surface area contributed by atoms with Crippen molar-refractivity contribution in [3.8, 4) is 17.2 Å². The topological polar surface area (TPSA) is 63.2 Å². The fraction of sp³-hybridized carbons (Fsp3) is 0.350. The molecule has 154 valence electrons. The molecule has 0 fully saturated rings. The van der Waals surface area contributed by atoms with Gasteiger partial charge < -0.3 is 25.1 Å². The second-order valence-electron chi connectivity index (χ2n) is 5.61. The van der Waals surface area contributed by atoms with Crippen molar-refractivity contribution in [2.24, 2.45) is 0 Å². The first-order valence-electron chi connectivity index (χ1n) is 8.62. The van der Waals surface area contributed by atoms with Crippen molar-refractivity contribution in [3.63, 3.8) is 0 Å². The zero-order chi connectivity index (χ0) is 20.4. The number of carbonyl (C=O) groups excluding carboxylic acids is 1. The third-order valence-electron chi connectivity index (χ3n) is 3.72. The van der Waals surface area contributed by atoms with E-state index in [1.807, 2.05) is 6.07 Å². The molecule has 0 N–H and O–H groups in total. The van der Waals surface area contributed by atoms with Crippen LogP contribution in [0.1, 0.15) is 11.8 Å². The average Bonchev–Trinajstić information content (AvgIpc) is 2.69. The molecule has 1 atom stereocenters. The minimum atomic E-state index is -0.188. The van der Waals surface area contributed by atoms with E-state index in [2.05, 4.69) is 0 Å². The van der Waals surface area contributed by atoms with Crippen molar-refractivity contribution >= 4 is 31.0 Å². The number of carbonyl (C=O) groups is 1. The van der Waals surface area contributed by atoms with Gasteiger partial charge in [0, 0.05) is 25.6 Å². The van der Waals surface area contributed by atoms with Gasteiger partial charge in [0.1, 0.15) is 30.5 Å². The minimum absolute atomic E-state index is 0. The monoisotopic (exact) mass is 434 g/mol. The van der Waals surface area contributed by atoms with E-state index in [1.165, 1.54) is 7.11 Å². The Balaban J connectivity index is 0.00000420. The van der Waals surface area contributed by atoms with Gasteiger partial charge in [0.05, 0.1) is 30.9 Å². The summed E-state index contributed by atoms with van der Waals surface area (Å²) in [6, 6.07) is 10.5. The maximum absolute atomic E-state index is 12.9. The first-order valence-corrected chi connectivity index (χ1v) is 9.99. The van der Waals surface area contributed by atoms with E-state index in [1.54, 1.807) is 44.6 Å². The molecule has 0 spiro atoms. The van der Waals surface area contributed by atoms with Crippen LogP contribution < -0.4 is 38.4 Å². The summed E-state index contributed by atoms with van der Waals surface area (Å²) in [5.74, 6) is 1.66. The van der Waals surface area contributed by atoms with Crippen LogP contribution in [-0.4, -0.2) is 53.3 Å². The molecule has 0 aliphatic heterocycles. The summed E-state index contributed by atoms with van der Waals surface area (Å²) in [5.41, 5.74) is 0.236. The van der Waals surface area contributed by atoms with Gasteiger partial charge in [0.25, 0.3) is 0 Å². The first kappa shape index (κ1) is 25.8. The van der Waals surface area contributed by atoms with Crippen LogP contribution in [0.3, 0.4) is 0 Å². The van der Waals surface area contributed by atoms with Crippen molar-refractivity contribution in [2.75, 3.05) is 47.8 Å². The van der Waals surface area contributed by atoms with E-state index in [0.29, 0.717) is 54.3 Å². The van der Waals surface area contributed by atoms with Crippen LogP contribution in [0.15, 0.2) is 36.4 Å². The van der Waals surface area contributed by atoms with Gasteiger partial charge in [0.15, 0.2) is 5.52 Å². The van der Waals surface area contributed by atoms with E-state index in [-0.39, 0.29) is 34.4 Å². The predicted octanol–water partition coefficient (Wildman–Crippen LogP) is 0.660. The molecule has 29 heavy (non-hydrogen) atoms. The molecule has 0 saturated carbocycles. The maximum atomic E-state index is 12.9. The van der Waals surface area contributed by atoms with Crippen LogP contribution in [0.2, 0.25) is 5.02 Å². The summed E-state index contributed by atoms with van der Waals surface area (Å²) in [7, 11) is 4.54. The van der Waals surface area contributed by atoms with Gasteiger partial charge in [0.2, 0.25) is 0 Å². The van der Waals surface area contributed by atoms with Gasteiger partial charge in [-0.1, -0.05) is 17.7 Å². The summed E-state index contributed by atoms with van der Waals surface area (Å²) in [6.07, 6.45) is 0. The molecule has 0 amide bonds. The van der Waals surface area contributed by atoms with E-state index < -0.39 is 0 Å². The van der Waals surface area contributed by atoms with E-state index in [4.69, 9.17) is 35.3 Å². The molecule has 0 aliphatic carbocycles. The Labute approximate surface area is 191 Å². The number of rotatable bonds is 12. The van der Waals surface area contributed by atoms with Crippen molar-refractivity contribution in [3.05, 3.63) is 47.0 Å². The number of halogens is 1. The molecule has 0 saturated heterocycles. The normalized spacial score (nSPS) is 10.6. The summed E-state index contributed by atoms with van der Waals surface area (Å²) in [6.45, 7) is 1.70. The first-order chi connectivity index (χ1) is 13.6. The van der Waals surface area contributed by atoms with Crippen LogP contribution >= 0.6 is 20.2 Å². The fourth-order valence-electron chi connectivity index (χ4n) is 2.37. The molecule has 2 rings (SSSR count). The molecule has 0 radical (unpaired) electrons. The number of benzene rings is 2. The number of hydrogen-bond acceptors (Lipinski definition) is 6. The van der Waals surface area contributed by atoms with E-state index in [0.717, 1.165) is 5.30 Å². The Morgan fingerprint density at radius 1 is 0.966 bits per heavy atom. The largest absolute Gasteiger partial charge is 1.00 e. The van der Waals surface area contributed by atoms with Crippen molar-refractivity contribution in [1.82, 2.24) is 0 Å². The van der Waals surface area contributed by atoms with Crippen molar-refractivity contribution in [2.45, 2.75) is 0 Å². The van der Waals surface area contributed by atoms with Crippen LogP contribution in [0.4, 0.5) is 0 Å². The zero-order valence-corrected chi connectivity index (χ0v) is 18.9. The summed E-state index contributed by atoms with van der Waals surface area (Å²) < 4.78 is 26.8. The molecule has 0 aromatic heterocycles. The Kier molecular flexibility index (Phi) is 12.3. The van der Waals surface area contributed by atoms with Gasteiger partial charge in [-0.2, -0.15) is 0 Å². The van der Waals surface area contributed by atoms with Crippen molar-refractivity contribution in [1.29, 1.82) is 0 Å². The smallest absolute Gasteiger partial charge is 1.00 e. The Hall–Kier alpha value is -1.25. The number of methoxy groups -OCH3 is 3. The van der Waals surface area contributed by atoms with Gasteiger partial charge in [-0.15, -0.1) is 0 Å². The molecular formula is C20H25ClLiO6P. The molecule has 1 unspecified atom stereocenters. The van der Waals surface area contributed by atoms with Gasteiger partial charge in [-0.05, 0) is 32.8 Å². The van der Waals surface area contributed by atoms with E-state index >= 15 is 0 Å². The van der Waals surface area contributed by atoms with Gasteiger partial charge in [-0.3, -0.25) is 4.79 Å². The van der Waals surface area contributed by atoms with Gasteiger partial charge >= 0.3 is 18.9 Å². The van der Waals surface area contributed by atoms with Crippen molar-refractivity contribution < 1.29 is 48.8 Å². The molecule has 6 nitrogen and oxygen atoms in total. The minimum Gasteiger partial charge on any atom is -1.00 e. The average molecular weight is 435 g/mol. The predicted molar refractivity (Wildman–Crippen MR) is 113 cm³/mol.